The van der Waals surface area contributed by atoms with E-state index in [1.165, 1.54) is 24.8 Å². The fourth-order valence-electron chi connectivity index (χ4n) is 6.22. The molecule has 2 amide bonds. The van der Waals surface area contributed by atoms with Crippen molar-refractivity contribution in [2.75, 3.05) is 27.2 Å². The number of carbonyl (C=O) groups is 1. The Bertz CT molecular complexity index is 917. The van der Waals surface area contributed by atoms with E-state index in [1.54, 1.807) is 6.20 Å². The van der Waals surface area contributed by atoms with Crippen molar-refractivity contribution in [3.8, 4) is 0 Å². The number of amides is 2. The topological polar surface area (TPSA) is 39.7 Å². The quantitative estimate of drug-likeness (QED) is 0.652. The van der Waals surface area contributed by atoms with Gasteiger partial charge in [-0.2, -0.15) is 0 Å². The number of hydrogen-bond acceptors (Lipinski definition) is 3. The molecule has 1 spiro atoms. The summed E-state index contributed by atoms with van der Waals surface area (Å²) in [4.78, 5) is 24.7. The lowest BCUT2D eigenvalue weighted by Crippen LogP contribution is -2.56. The van der Waals surface area contributed by atoms with Gasteiger partial charge >= 0.3 is 6.03 Å². The first-order chi connectivity index (χ1) is 15.5. The molecule has 5 rings (SSSR count). The maximum atomic E-state index is 13.6. The zero-order valence-electron chi connectivity index (χ0n) is 19.5. The molecule has 3 fully saturated rings. The number of carbonyl (C=O) groups excluding carboxylic acids is 1. The summed E-state index contributed by atoms with van der Waals surface area (Å²) in [5.41, 5.74) is 2.53. The van der Waals surface area contributed by atoms with Gasteiger partial charge < -0.3 is 9.80 Å². The third-order valence-corrected chi connectivity index (χ3v) is 8.50. The van der Waals surface area contributed by atoms with Crippen molar-refractivity contribution in [2.45, 2.75) is 62.6 Å². The van der Waals surface area contributed by atoms with Crippen LogP contribution in [0.25, 0.3) is 0 Å². The van der Waals surface area contributed by atoms with Crippen molar-refractivity contribution < 1.29 is 4.79 Å². The van der Waals surface area contributed by atoms with Gasteiger partial charge in [-0.15, -0.1) is 0 Å². The van der Waals surface area contributed by atoms with E-state index in [1.807, 2.05) is 12.3 Å². The highest BCUT2D eigenvalue weighted by molar-refractivity contribution is 5.78. The minimum absolute atomic E-state index is 0.0385. The molecule has 2 saturated carbocycles. The van der Waals surface area contributed by atoms with Crippen LogP contribution < -0.4 is 0 Å². The first-order valence-electron chi connectivity index (χ1n) is 12.2. The maximum absolute atomic E-state index is 13.6. The summed E-state index contributed by atoms with van der Waals surface area (Å²) >= 11 is 0. The highest BCUT2D eigenvalue weighted by atomic mass is 16.2. The van der Waals surface area contributed by atoms with Crippen LogP contribution in [0.4, 0.5) is 4.79 Å². The summed E-state index contributed by atoms with van der Waals surface area (Å²) in [5, 5.41) is 0. The summed E-state index contributed by atoms with van der Waals surface area (Å²) in [7, 11) is 4.43. The molecule has 2 aliphatic carbocycles. The molecule has 32 heavy (non-hydrogen) atoms. The van der Waals surface area contributed by atoms with Crippen LogP contribution in [0, 0.1) is 5.92 Å². The zero-order chi connectivity index (χ0) is 22.2. The molecule has 0 N–H and O–H groups in total. The lowest BCUT2D eigenvalue weighted by atomic mass is 9.68. The molecule has 2 aromatic rings. The molecule has 170 valence electrons. The average Bonchev–Trinajstić information content (AvgIpc) is 3.03. The Hall–Kier alpha value is -2.40. The van der Waals surface area contributed by atoms with E-state index in [9.17, 15) is 4.79 Å². The first kappa shape index (κ1) is 21.4. The normalized spacial score (nSPS) is 28.5. The summed E-state index contributed by atoms with van der Waals surface area (Å²) in [6.45, 7) is 2.43. The zero-order valence-corrected chi connectivity index (χ0v) is 19.5. The van der Waals surface area contributed by atoms with E-state index in [2.05, 4.69) is 70.2 Å². The SMILES string of the molecule is CN(C)C1(c2ccccc2)CCC2(CC1)CN(Cc1cccnc1)C(=O)N2CC1CCC1. The third kappa shape index (κ3) is 3.71. The fourth-order valence-corrected chi connectivity index (χ4v) is 6.22. The Kier molecular flexibility index (Phi) is 5.70. The standard InChI is InChI=1S/C27H36N4O/c1-29(2)27(24-11-4-3-5-12-24)15-13-26(14-16-27)21-30(19-23-10-7-17-28-18-23)25(32)31(26)20-22-8-6-9-22/h3-5,7,10-12,17-18,22H,6,8-9,13-16,19-21H2,1-2H3. The van der Waals surface area contributed by atoms with E-state index in [4.69, 9.17) is 0 Å². The van der Waals surface area contributed by atoms with Gasteiger partial charge in [0.1, 0.15) is 0 Å². The largest absolute Gasteiger partial charge is 0.320 e. The molecule has 1 aliphatic heterocycles. The number of urea groups is 1. The van der Waals surface area contributed by atoms with Crippen LogP contribution in [-0.4, -0.2) is 58.4 Å². The van der Waals surface area contributed by atoms with Gasteiger partial charge in [0.2, 0.25) is 0 Å². The van der Waals surface area contributed by atoms with Gasteiger partial charge in [-0.25, -0.2) is 4.79 Å². The number of pyridine rings is 1. The Morgan fingerprint density at radius 3 is 2.38 bits per heavy atom. The highest BCUT2D eigenvalue weighted by Gasteiger charge is 2.54. The van der Waals surface area contributed by atoms with Crippen LogP contribution in [0.15, 0.2) is 54.9 Å². The van der Waals surface area contributed by atoms with Gasteiger partial charge in [-0.1, -0.05) is 42.8 Å². The van der Waals surface area contributed by atoms with Crippen LogP contribution in [0.3, 0.4) is 0 Å². The van der Waals surface area contributed by atoms with E-state index in [0.29, 0.717) is 12.5 Å². The second kappa shape index (κ2) is 8.51. The second-order valence-electron chi connectivity index (χ2n) is 10.4. The molecule has 1 saturated heterocycles. The smallest absolute Gasteiger partial charge is 0.318 e. The molecule has 0 bridgehead atoms. The van der Waals surface area contributed by atoms with Crippen molar-refractivity contribution in [2.24, 2.45) is 5.92 Å². The molecule has 5 nitrogen and oxygen atoms in total. The summed E-state index contributed by atoms with van der Waals surface area (Å²) < 4.78 is 0. The van der Waals surface area contributed by atoms with E-state index in [0.717, 1.165) is 44.3 Å². The minimum atomic E-state index is -0.0385. The maximum Gasteiger partial charge on any atom is 0.320 e. The lowest BCUT2D eigenvalue weighted by molar-refractivity contribution is 0.0159. The Labute approximate surface area is 192 Å². The predicted octanol–water partition coefficient (Wildman–Crippen LogP) is 4.89. The molecule has 3 aliphatic rings. The molecule has 0 unspecified atom stereocenters. The first-order valence-corrected chi connectivity index (χ1v) is 12.2. The number of aromatic nitrogens is 1. The van der Waals surface area contributed by atoms with Crippen LogP contribution in [0.1, 0.15) is 56.1 Å². The van der Waals surface area contributed by atoms with E-state index in [-0.39, 0.29) is 17.1 Å². The fraction of sp³-hybridized carbons (Fsp3) is 0.556. The Morgan fingerprint density at radius 1 is 1.03 bits per heavy atom. The number of benzene rings is 1. The average molecular weight is 433 g/mol. The summed E-state index contributed by atoms with van der Waals surface area (Å²) in [6, 6.07) is 15.2. The van der Waals surface area contributed by atoms with Crippen LogP contribution >= 0.6 is 0 Å². The van der Waals surface area contributed by atoms with Crippen LogP contribution in [0.5, 0.6) is 0 Å². The predicted molar refractivity (Wildman–Crippen MR) is 127 cm³/mol. The van der Waals surface area contributed by atoms with Crippen LogP contribution in [0.2, 0.25) is 0 Å². The minimum Gasteiger partial charge on any atom is -0.318 e. The monoisotopic (exact) mass is 432 g/mol. The van der Waals surface area contributed by atoms with Gasteiger partial charge in [0, 0.05) is 37.6 Å². The van der Waals surface area contributed by atoms with Gasteiger partial charge in [-0.3, -0.25) is 9.88 Å². The van der Waals surface area contributed by atoms with Crippen LogP contribution in [-0.2, 0) is 12.1 Å². The summed E-state index contributed by atoms with van der Waals surface area (Å²) in [6.07, 6.45) is 11.8. The molecule has 1 aromatic heterocycles. The Morgan fingerprint density at radius 2 is 1.78 bits per heavy atom. The van der Waals surface area contributed by atoms with Gasteiger partial charge in [0.25, 0.3) is 0 Å². The molecule has 0 atom stereocenters. The van der Waals surface area contributed by atoms with E-state index >= 15 is 0 Å². The van der Waals surface area contributed by atoms with Crippen molar-refractivity contribution >= 4 is 6.03 Å². The third-order valence-electron chi connectivity index (χ3n) is 8.50. The van der Waals surface area contributed by atoms with Crippen molar-refractivity contribution in [3.63, 3.8) is 0 Å². The molecule has 5 heteroatoms. The van der Waals surface area contributed by atoms with Crippen molar-refractivity contribution in [1.29, 1.82) is 0 Å². The number of rotatable bonds is 6. The molecule has 0 radical (unpaired) electrons. The number of hydrogen-bond donors (Lipinski definition) is 0. The highest BCUT2D eigenvalue weighted by Crippen LogP contribution is 2.49. The second-order valence-corrected chi connectivity index (χ2v) is 10.4. The van der Waals surface area contributed by atoms with Crippen molar-refractivity contribution in [1.82, 2.24) is 19.7 Å². The van der Waals surface area contributed by atoms with Gasteiger partial charge in [-0.05, 0) is 75.7 Å². The lowest BCUT2D eigenvalue weighted by Gasteiger charge is -2.51. The molecule has 1 aromatic carbocycles. The molecular weight excluding hydrogens is 396 g/mol. The Balaban J connectivity index is 1.40. The summed E-state index contributed by atoms with van der Waals surface area (Å²) in [5.74, 6) is 0.684. The van der Waals surface area contributed by atoms with E-state index < -0.39 is 0 Å². The molecular formula is C27H36N4O. The van der Waals surface area contributed by atoms with Gasteiger partial charge in [0.15, 0.2) is 0 Å². The molecule has 2 heterocycles. The number of nitrogens with zero attached hydrogens (tertiary/aromatic N) is 4. The van der Waals surface area contributed by atoms with Crippen molar-refractivity contribution in [3.05, 3.63) is 66.0 Å². The van der Waals surface area contributed by atoms with Gasteiger partial charge in [0.05, 0.1) is 5.54 Å².